The third-order valence-electron chi connectivity index (χ3n) is 4.84. The SMILES string of the molecule is O=C(N[C@@H](Cc1ccccc1)C(=O)NCB1NCC(COCCCO)O1)c1cnccn1. The predicted molar refractivity (Wildman–Crippen MR) is 118 cm³/mol. The van der Waals surface area contributed by atoms with E-state index < -0.39 is 11.9 Å². The zero-order chi connectivity index (χ0) is 22.6. The van der Waals surface area contributed by atoms with Gasteiger partial charge in [0.05, 0.1) is 18.9 Å². The summed E-state index contributed by atoms with van der Waals surface area (Å²) < 4.78 is 11.3. The Morgan fingerprint density at radius 2 is 2.16 bits per heavy atom. The first-order chi connectivity index (χ1) is 15.7. The average molecular weight is 441 g/mol. The second-order valence-electron chi connectivity index (χ2n) is 7.36. The van der Waals surface area contributed by atoms with Crippen LogP contribution in [0.1, 0.15) is 22.5 Å². The highest BCUT2D eigenvalue weighted by Gasteiger charge is 2.31. The Morgan fingerprint density at radius 3 is 2.91 bits per heavy atom. The molecule has 1 unspecified atom stereocenters. The number of aliphatic hydroxyl groups is 1. The molecule has 0 saturated carbocycles. The van der Waals surface area contributed by atoms with Crippen LogP contribution in [0.25, 0.3) is 0 Å². The maximum atomic E-state index is 12.9. The molecule has 4 N–H and O–H groups in total. The summed E-state index contributed by atoms with van der Waals surface area (Å²) in [7, 11) is -0.349. The summed E-state index contributed by atoms with van der Waals surface area (Å²) in [4.78, 5) is 33.3. The van der Waals surface area contributed by atoms with Gasteiger partial charge in [-0.05, 0) is 12.0 Å². The van der Waals surface area contributed by atoms with E-state index in [9.17, 15) is 9.59 Å². The quantitative estimate of drug-likeness (QED) is 0.252. The third kappa shape index (κ3) is 7.68. The molecule has 0 spiro atoms. The number of aromatic nitrogens is 2. The van der Waals surface area contributed by atoms with Crippen molar-refractivity contribution in [2.45, 2.75) is 25.0 Å². The van der Waals surface area contributed by atoms with E-state index in [0.29, 0.717) is 32.6 Å². The lowest BCUT2D eigenvalue weighted by Crippen LogP contribution is -2.51. The molecule has 10 nitrogen and oxygen atoms in total. The molecule has 1 aliphatic heterocycles. The van der Waals surface area contributed by atoms with Crippen molar-refractivity contribution in [1.29, 1.82) is 0 Å². The molecule has 2 amide bonds. The lowest BCUT2D eigenvalue weighted by molar-refractivity contribution is -0.122. The molecule has 2 atom stereocenters. The molecule has 1 saturated heterocycles. The number of nitrogens with zero attached hydrogens (tertiary/aromatic N) is 2. The monoisotopic (exact) mass is 441 g/mol. The van der Waals surface area contributed by atoms with Crippen molar-refractivity contribution in [1.82, 2.24) is 25.8 Å². The summed E-state index contributed by atoms with van der Waals surface area (Å²) >= 11 is 0. The van der Waals surface area contributed by atoms with Crippen LogP contribution in [-0.4, -0.2) is 78.9 Å². The Kier molecular flexibility index (Phi) is 9.57. The van der Waals surface area contributed by atoms with Crippen LogP contribution < -0.4 is 15.9 Å². The number of rotatable bonds is 12. The highest BCUT2D eigenvalue weighted by molar-refractivity contribution is 6.50. The average Bonchev–Trinajstić information content (AvgIpc) is 3.29. The molecular weight excluding hydrogens is 413 g/mol. The van der Waals surface area contributed by atoms with Crippen LogP contribution in [-0.2, 0) is 20.6 Å². The zero-order valence-electron chi connectivity index (χ0n) is 17.8. The summed E-state index contributed by atoms with van der Waals surface area (Å²) in [6.07, 6.45) is 5.30. The van der Waals surface area contributed by atoms with E-state index >= 15 is 0 Å². The molecule has 0 bridgehead atoms. The molecular formula is C21H28BN5O5. The van der Waals surface area contributed by atoms with Gasteiger partial charge in [0.2, 0.25) is 5.91 Å². The number of aliphatic hydroxyl groups excluding tert-OH is 1. The highest BCUT2D eigenvalue weighted by atomic mass is 16.5. The molecule has 32 heavy (non-hydrogen) atoms. The smallest absolute Gasteiger partial charge is 0.400 e. The molecule has 2 aromatic rings. The van der Waals surface area contributed by atoms with Gasteiger partial charge >= 0.3 is 7.05 Å². The first kappa shape index (κ1) is 23.8. The number of carbonyl (C=O) groups is 2. The van der Waals surface area contributed by atoms with Gasteiger partial charge in [-0.3, -0.25) is 14.6 Å². The lowest BCUT2D eigenvalue weighted by Gasteiger charge is -2.19. The van der Waals surface area contributed by atoms with Crippen LogP contribution in [0.4, 0.5) is 0 Å². The van der Waals surface area contributed by atoms with Crippen molar-refractivity contribution < 1.29 is 24.1 Å². The molecule has 1 aliphatic rings. The minimum atomic E-state index is -0.786. The number of ether oxygens (including phenoxy) is 1. The van der Waals surface area contributed by atoms with Crippen LogP contribution in [0, 0.1) is 0 Å². The minimum Gasteiger partial charge on any atom is -0.414 e. The number of amides is 2. The first-order valence-corrected chi connectivity index (χ1v) is 10.6. The Morgan fingerprint density at radius 1 is 1.31 bits per heavy atom. The summed E-state index contributed by atoms with van der Waals surface area (Å²) in [6, 6.07) is 8.67. The molecule has 0 radical (unpaired) electrons. The van der Waals surface area contributed by atoms with Gasteiger partial charge < -0.3 is 30.4 Å². The number of benzene rings is 1. The summed E-state index contributed by atoms with van der Waals surface area (Å²) in [6.45, 7) is 1.60. The molecule has 170 valence electrons. The van der Waals surface area contributed by atoms with Crippen molar-refractivity contribution >= 4 is 18.9 Å². The van der Waals surface area contributed by atoms with Crippen LogP contribution in [0.3, 0.4) is 0 Å². The zero-order valence-corrected chi connectivity index (χ0v) is 17.8. The third-order valence-corrected chi connectivity index (χ3v) is 4.84. The number of hydrogen-bond acceptors (Lipinski definition) is 8. The normalized spacial score (nSPS) is 16.5. The Bertz CT molecular complexity index is 845. The second kappa shape index (κ2) is 12.9. The van der Waals surface area contributed by atoms with Crippen LogP contribution in [0.15, 0.2) is 48.9 Å². The van der Waals surface area contributed by atoms with Crippen LogP contribution >= 0.6 is 0 Å². The van der Waals surface area contributed by atoms with E-state index in [4.69, 9.17) is 14.5 Å². The summed E-state index contributed by atoms with van der Waals surface area (Å²) in [5.74, 6) is -0.788. The van der Waals surface area contributed by atoms with E-state index in [1.165, 1.54) is 18.6 Å². The number of nitrogens with one attached hydrogen (secondary N) is 3. The largest absolute Gasteiger partial charge is 0.414 e. The fraction of sp³-hybridized carbons (Fsp3) is 0.429. The molecule has 1 fully saturated rings. The molecule has 11 heteroatoms. The maximum Gasteiger partial charge on any atom is 0.400 e. The van der Waals surface area contributed by atoms with Gasteiger partial charge in [0.15, 0.2) is 0 Å². The van der Waals surface area contributed by atoms with Crippen molar-refractivity contribution in [2.75, 3.05) is 32.8 Å². The van der Waals surface area contributed by atoms with Gasteiger partial charge in [-0.1, -0.05) is 30.3 Å². The fourth-order valence-electron chi connectivity index (χ4n) is 3.22. The molecule has 0 aliphatic carbocycles. The summed E-state index contributed by atoms with van der Waals surface area (Å²) in [5.41, 5.74) is 1.06. The molecule has 2 heterocycles. The second-order valence-corrected chi connectivity index (χ2v) is 7.36. The number of hydrogen-bond donors (Lipinski definition) is 4. The van der Waals surface area contributed by atoms with Gasteiger partial charge in [-0.15, -0.1) is 0 Å². The number of carbonyl (C=O) groups excluding carboxylic acids is 2. The highest BCUT2D eigenvalue weighted by Crippen LogP contribution is 2.06. The topological polar surface area (TPSA) is 135 Å². The summed E-state index contributed by atoms with van der Waals surface area (Å²) in [5, 5.41) is 17.6. The van der Waals surface area contributed by atoms with E-state index in [2.05, 4.69) is 25.8 Å². The fourth-order valence-corrected chi connectivity index (χ4v) is 3.22. The van der Waals surface area contributed by atoms with Gasteiger partial charge in [-0.2, -0.15) is 0 Å². The Hall–Kier alpha value is -2.86. The van der Waals surface area contributed by atoms with E-state index in [0.717, 1.165) is 5.56 Å². The van der Waals surface area contributed by atoms with Gasteiger partial charge in [-0.25, -0.2) is 4.98 Å². The van der Waals surface area contributed by atoms with Crippen LogP contribution in [0.5, 0.6) is 0 Å². The first-order valence-electron chi connectivity index (χ1n) is 10.6. The van der Waals surface area contributed by atoms with E-state index in [1.807, 2.05) is 30.3 Å². The van der Waals surface area contributed by atoms with Gasteiger partial charge in [0.1, 0.15) is 11.7 Å². The lowest BCUT2D eigenvalue weighted by atomic mass is 9.84. The van der Waals surface area contributed by atoms with Crippen molar-refractivity contribution in [3.8, 4) is 0 Å². The van der Waals surface area contributed by atoms with Crippen molar-refractivity contribution in [3.05, 3.63) is 60.2 Å². The Balaban J connectivity index is 1.52. The van der Waals surface area contributed by atoms with Gasteiger partial charge in [0.25, 0.3) is 5.91 Å². The maximum absolute atomic E-state index is 12.9. The predicted octanol–water partition coefficient (Wildman–Crippen LogP) is -0.651. The van der Waals surface area contributed by atoms with Crippen LogP contribution in [0.2, 0.25) is 0 Å². The Labute approximate surface area is 187 Å². The minimum absolute atomic E-state index is 0.0932. The molecule has 1 aromatic carbocycles. The van der Waals surface area contributed by atoms with Crippen molar-refractivity contribution in [2.24, 2.45) is 0 Å². The molecule has 1 aromatic heterocycles. The van der Waals surface area contributed by atoms with E-state index in [1.54, 1.807) is 0 Å². The standard InChI is InChI=1S/C21H28BN5O5/c28-9-4-10-31-14-17-12-26-22(32-17)15-25-20(29)18(11-16-5-2-1-3-6-16)27-21(30)19-13-23-7-8-24-19/h1-3,5-8,13,17-18,26,28H,4,9-12,14-15H2,(H,25,29)(H,27,30)/t17?,18-/m0/s1. The van der Waals surface area contributed by atoms with Gasteiger partial charge in [0, 0.05) is 45.0 Å². The van der Waals surface area contributed by atoms with E-state index in [-0.39, 0.29) is 37.8 Å². The van der Waals surface area contributed by atoms with Crippen molar-refractivity contribution in [3.63, 3.8) is 0 Å². The molecule has 3 rings (SSSR count).